The lowest BCUT2D eigenvalue weighted by atomic mass is 9.91. The lowest BCUT2D eigenvalue weighted by Gasteiger charge is -2.36. The quantitative estimate of drug-likeness (QED) is 0.753. The Hall–Kier alpha value is -0.850. The highest BCUT2D eigenvalue weighted by Crippen LogP contribution is 2.27. The standard InChI is InChI=1S/C19H33N3O3.ClH/c20-18(15-7-11-25-12-8-15)19(24)22-9-5-16(6-10-22)21-17(23)13-14-3-1-2-4-14;/h14-16,18H,1-13,20H2,(H,21,23);1H. The van der Waals surface area contributed by atoms with Crippen molar-refractivity contribution in [1.82, 2.24) is 10.2 Å². The summed E-state index contributed by atoms with van der Waals surface area (Å²) in [5, 5.41) is 3.17. The van der Waals surface area contributed by atoms with Gasteiger partial charge in [-0.05, 0) is 50.4 Å². The molecule has 3 fully saturated rings. The third-order valence-electron chi connectivity index (χ3n) is 6.18. The summed E-state index contributed by atoms with van der Waals surface area (Å²) >= 11 is 0. The van der Waals surface area contributed by atoms with Crippen molar-refractivity contribution in [1.29, 1.82) is 0 Å². The molecule has 2 aliphatic heterocycles. The molecule has 150 valence electrons. The summed E-state index contributed by atoms with van der Waals surface area (Å²) in [6.07, 6.45) is 9.03. The lowest BCUT2D eigenvalue weighted by Crippen LogP contribution is -2.53. The second-order valence-electron chi connectivity index (χ2n) is 8.00. The summed E-state index contributed by atoms with van der Waals surface area (Å²) in [4.78, 5) is 26.7. The maximum absolute atomic E-state index is 12.6. The van der Waals surface area contributed by atoms with Crippen LogP contribution in [0.5, 0.6) is 0 Å². The van der Waals surface area contributed by atoms with Crippen LogP contribution in [0.3, 0.4) is 0 Å². The van der Waals surface area contributed by atoms with Crippen molar-refractivity contribution in [2.75, 3.05) is 26.3 Å². The molecule has 0 aromatic rings. The van der Waals surface area contributed by atoms with Gasteiger partial charge in [-0.1, -0.05) is 12.8 Å². The van der Waals surface area contributed by atoms with E-state index >= 15 is 0 Å². The van der Waals surface area contributed by atoms with Gasteiger partial charge in [0.1, 0.15) is 0 Å². The van der Waals surface area contributed by atoms with Gasteiger partial charge in [-0.25, -0.2) is 0 Å². The predicted molar refractivity (Wildman–Crippen MR) is 103 cm³/mol. The molecule has 3 rings (SSSR count). The number of amides is 2. The van der Waals surface area contributed by atoms with Crippen molar-refractivity contribution in [2.45, 2.75) is 69.9 Å². The molecule has 1 aliphatic carbocycles. The van der Waals surface area contributed by atoms with E-state index in [1.54, 1.807) is 0 Å². The van der Waals surface area contributed by atoms with Gasteiger partial charge in [-0.2, -0.15) is 0 Å². The van der Waals surface area contributed by atoms with Crippen LogP contribution < -0.4 is 11.1 Å². The zero-order valence-corrected chi connectivity index (χ0v) is 16.5. The molecule has 1 unspecified atom stereocenters. The Bertz CT molecular complexity index is 457. The Kier molecular flexibility index (Phi) is 8.64. The molecule has 1 atom stereocenters. The van der Waals surface area contributed by atoms with Crippen molar-refractivity contribution < 1.29 is 14.3 Å². The van der Waals surface area contributed by atoms with Crippen LogP contribution in [-0.4, -0.2) is 55.1 Å². The number of nitrogens with two attached hydrogens (primary N) is 1. The molecule has 0 spiro atoms. The molecule has 0 aromatic heterocycles. The van der Waals surface area contributed by atoms with Gasteiger partial charge < -0.3 is 20.7 Å². The summed E-state index contributed by atoms with van der Waals surface area (Å²) in [7, 11) is 0. The first-order chi connectivity index (χ1) is 12.1. The molecular formula is C19H34ClN3O3. The van der Waals surface area contributed by atoms with E-state index in [9.17, 15) is 9.59 Å². The molecule has 7 heteroatoms. The summed E-state index contributed by atoms with van der Waals surface area (Å²) in [6.45, 7) is 2.82. The number of rotatable bonds is 5. The van der Waals surface area contributed by atoms with E-state index in [2.05, 4.69) is 5.32 Å². The Morgan fingerprint density at radius 3 is 2.27 bits per heavy atom. The fourth-order valence-electron chi connectivity index (χ4n) is 4.49. The number of carbonyl (C=O) groups is 2. The summed E-state index contributed by atoms with van der Waals surface area (Å²) < 4.78 is 5.35. The topological polar surface area (TPSA) is 84.7 Å². The van der Waals surface area contributed by atoms with Gasteiger partial charge >= 0.3 is 0 Å². The van der Waals surface area contributed by atoms with Crippen LogP contribution in [0.2, 0.25) is 0 Å². The van der Waals surface area contributed by atoms with Crippen LogP contribution in [0, 0.1) is 11.8 Å². The van der Waals surface area contributed by atoms with Crippen LogP contribution in [0.15, 0.2) is 0 Å². The Balaban J connectivity index is 0.00000243. The Morgan fingerprint density at radius 2 is 1.65 bits per heavy atom. The predicted octanol–water partition coefficient (Wildman–Crippen LogP) is 1.85. The van der Waals surface area contributed by atoms with Gasteiger partial charge in [-0.15, -0.1) is 12.4 Å². The molecule has 6 nitrogen and oxygen atoms in total. The number of ether oxygens (including phenoxy) is 1. The average molecular weight is 388 g/mol. The highest BCUT2D eigenvalue weighted by atomic mass is 35.5. The highest BCUT2D eigenvalue weighted by Gasteiger charge is 2.32. The van der Waals surface area contributed by atoms with E-state index in [1.807, 2.05) is 4.90 Å². The van der Waals surface area contributed by atoms with Crippen LogP contribution >= 0.6 is 12.4 Å². The van der Waals surface area contributed by atoms with Gasteiger partial charge in [0.25, 0.3) is 0 Å². The first-order valence-electron chi connectivity index (χ1n) is 10.0. The van der Waals surface area contributed by atoms with Crippen LogP contribution in [0.25, 0.3) is 0 Å². The maximum Gasteiger partial charge on any atom is 0.239 e. The highest BCUT2D eigenvalue weighted by molar-refractivity contribution is 5.85. The molecular weight excluding hydrogens is 354 g/mol. The minimum atomic E-state index is -0.405. The molecule has 1 saturated carbocycles. The van der Waals surface area contributed by atoms with Gasteiger partial charge in [0, 0.05) is 38.8 Å². The van der Waals surface area contributed by atoms with Crippen molar-refractivity contribution >= 4 is 24.2 Å². The number of nitrogens with zero attached hydrogens (tertiary/aromatic N) is 1. The number of hydrogen-bond donors (Lipinski definition) is 2. The fraction of sp³-hybridized carbons (Fsp3) is 0.895. The zero-order chi connectivity index (χ0) is 17.6. The summed E-state index contributed by atoms with van der Waals surface area (Å²) in [6, 6.07) is -0.199. The Morgan fingerprint density at radius 1 is 1.04 bits per heavy atom. The van der Waals surface area contributed by atoms with E-state index in [0.29, 0.717) is 38.6 Å². The zero-order valence-electron chi connectivity index (χ0n) is 15.7. The van der Waals surface area contributed by atoms with Gasteiger partial charge in [0.2, 0.25) is 11.8 Å². The normalized spacial score (nSPS) is 24.1. The fourth-order valence-corrected chi connectivity index (χ4v) is 4.49. The van der Waals surface area contributed by atoms with Gasteiger partial charge in [0.05, 0.1) is 6.04 Å². The maximum atomic E-state index is 12.6. The number of nitrogens with one attached hydrogen (secondary N) is 1. The minimum absolute atomic E-state index is 0. The smallest absolute Gasteiger partial charge is 0.239 e. The van der Waals surface area contributed by atoms with E-state index in [1.165, 1.54) is 25.7 Å². The molecule has 0 bridgehead atoms. The first-order valence-corrected chi connectivity index (χ1v) is 10.0. The molecule has 2 saturated heterocycles. The molecule has 0 radical (unpaired) electrons. The summed E-state index contributed by atoms with van der Waals surface area (Å²) in [5.74, 6) is 1.09. The van der Waals surface area contributed by atoms with Crippen LogP contribution in [0.1, 0.15) is 57.8 Å². The lowest BCUT2D eigenvalue weighted by molar-refractivity contribution is -0.135. The summed E-state index contributed by atoms with van der Waals surface area (Å²) in [5.41, 5.74) is 6.21. The van der Waals surface area contributed by atoms with Crippen molar-refractivity contribution in [2.24, 2.45) is 17.6 Å². The third kappa shape index (κ3) is 5.83. The van der Waals surface area contributed by atoms with Crippen molar-refractivity contribution in [3.63, 3.8) is 0 Å². The van der Waals surface area contributed by atoms with Crippen LogP contribution in [-0.2, 0) is 14.3 Å². The number of hydrogen-bond acceptors (Lipinski definition) is 4. The number of piperidine rings is 1. The van der Waals surface area contributed by atoms with Gasteiger partial charge in [-0.3, -0.25) is 9.59 Å². The minimum Gasteiger partial charge on any atom is -0.381 e. The molecule has 3 N–H and O–H groups in total. The molecule has 26 heavy (non-hydrogen) atoms. The van der Waals surface area contributed by atoms with E-state index < -0.39 is 6.04 Å². The van der Waals surface area contributed by atoms with Crippen molar-refractivity contribution in [3.8, 4) is 0 Å². The molecule has 0 aromatic carbocycles. The Labute approximate surface area is 163 Å². The SMILES string of the molecule is Cl.NC(C(=O)N1CCC(NC(=O)CC2CCCC2)CC1)C1CCOCC1. The molecule has 3 aliphatic rings. The first kappa shape index (κ1) is 21.5. The monoisotopic (exact) mass is 387 g/mol. The average Bonchev–Trinajstić information content (AvgIpc) is 3.14. The number of carbonyl (C=O) groups excluding carboxylic acids is 2. The number of likely N-dealkylation sites (tertiary alicyclic amines) is 1. The second-order valence-corrected chi connectivity index (χ2v) is 8.00. The third-order valence-corrected chi connectivity index (χ3v) is 6.18. The molecule has 2 heterocycles. The van der Waals surface area contributed by atoms with E-state index in [4.69, 9.17) is 10.5 Å². The molecule has 2 amide bonds. The second kappa shape index (κ2) is 10.5. The van der Waals surface area contributed by atoms with Crippen molar-refractivity contribution in [3.05, 3.63) is 0 Å². The number of halogens is 1. The van der Waals surface area contributed by atoms with Gasteiger partial charge in [0.15, 0.2) is 0 Å². The van der Waals surface area contributed by atoms with Crippen LogP contribution in [0.4, 0.5) is 0 Å². The largest absolute Gasteiger partial charge is 0.381 e. The van der Waals surface area contributed by atoms with E-state index in [-0.39, 0.29) is 36.2 Å². The van der Waals surface area contributed by atoms with E-state index in [0.717, 1.165) is 25.7 Å².